The van der Waals surface area contributed by atoms with Crippen LogP contribution in [0.2, 0.25) is 0 Å². The van der Waals surface area contributed by atoms with Gasteiger partial charge in [0.15, 0.2) is 29.1 Å². The highest BCUT2D eigenvalue weighted by Crippen LogP contribution is 2.29. The summed E-state index contributed by atoms with van der Waals surface area (Å²) in [5, 5.41) is 10.9. The summed E-state index contributed by atoms with van der Waals surface area (Å²) in [6.07, 6.45) is -0.815. The number of ether oxygens (including phenoxy) is 6. The molecule has 0 unspecified atom stereocenters. The molecule has 4 rings (SSSR count). The number of benzene rings is 3. The van der Waals surface area contributed by atoms with E-state index >= 15 is 0 Å². The first-order chi connectivity index (χ1) is 17.6. The number of nitro benzene ring substituents is 1. The minimum Gasteiger partial charge on any atom is -0.487 e. The van der Waals surface area contributed by atoms with Crippen LogP contribution in [0.4, 0.5) is 5.69 Å². The highest BCUT2D eigenvalue weighted by Gasteiger charge is 2.21. The van der Waals surface area contributed by atoms with Crippen molar-refractivity contribution in [1.29, 1.82) is 0 Å². The Bertz CT molecular complexity index is 1110. The van der Waals surface area contributed by atoms with Crippen molar-refractivity contribution in [3.8, 4) is 23.0 Å². The fraction of sp³-hybridized carbons (Fsp3) is 0.269. The maximum Gasteiger partial charge on any atom is 0.338 e. The number of hydrogen-bond acceptors (Lipinski definition) is 9. The lowest BCUT2D eigenvalue weighted by Crippen LogP contribution is -2.31. The van der Waals surface area contributed by atoms with E-state index in [4.69, 9.17) is 28.4 Å². The van der Waals surface area contributed by atoms with Gasteiger partial charge < -0.3 is 28.4 Å². The molecule has 0 saturated heterocycles. The molecule has 0 spiro atoms. The van der Waals surface area contributed by atoms with Gasteiger partial charge in [0.1, 0.15) is 26.4 Å². The zero-order chi connectivity index (χ0) is 25.2. The molecule has 0 aliphatic carbocycles. The van der Waals surface area contributed by atoms with Gasteiger partial charge >= 0.3 is 5.97 Å². The fourth-order valence-corrected chi connectivity index (χ4v) is 3.32. The maximum absolute atomic E-state index is 12.8. The van der Waals surface area contributed by atoms with E-state index in [1.807, 2.05) is 12.1 Å². The SMILES string of the molecule is O=C(OC1COc2ccccc2OCCOCCOc2ccccc2OC1)c1ccc([N+](=O)[O-])cc1. The molecule has 0 atom stereocenters. The summed E-state index contributed by atoms with van der Waals surface area (Å²) >= 11 is 0. The molecule has 1 aliphatic rings. The molecular formula is C26H25NO9. The van der Waals surface area contributed by atoms with Crippen molar-refractivity contribution in [3.63, 3.8) is 0 Å². The molecule has 188 valence electrons. The van der Waals surface area contributed by atoms with Gasteiger partial charge in [-0.25, -0.2) is 4.79 Å². The Kier molecular flexibility index (Phi) is 8.55. The van der Waals surface area contributed by atoms with E-state index in [0.717, 1.165) is 0 Å². The van der Waals surface area contributed by atoms with Gasteiger partial charge in [-0.1, -0.05) is 24.3 Å². The standard InChI is InChI=1S/C26H25NO9/c28-26(19-9-11-20(12-10-19)27(29)30)36-21-17-34-24-7-3-1-5-22(24)32-15-13-31-14-16-33-23-6-2-4-8-25(23)35-18-21/h1-12,21H,13-18H2. The van der Waals surface area contributed by atoms with E-state index in [9.17, 15) is 14.9 Å². The molecule has 3 aromatic rings. The number of nitro groups is 1. The molecule has 10 heteroatoms. The minimum atomic E-state index is -0.815. The second-order valence-corrected chi connectivity index (χ2v) is 7.66. The Hall–Kier alpha value is -4.31. The van der Waals surface area contributed by atoms with Crippen LogP contribution in [-0.4, -0.2) is 56.6 Å². The van der Waals surface area contributed by atoms with Crippen molar-refractivity contribution in [2.75, 3.05) is 39.6 Å². The zero-order valence-electron chi connectivity index (χ0n) is 19.4. The average molecular weight is 495 g/mol. The lowest BCUT2D eigenvalue weighted by atomic mass is 10.2. The van der Waals surface area contributed by atoms with Gasteiger partial charge in [0, 0.05) is 12.1 Å². The monoisotopic (exact) mass is 495 g/mol. The van der Waals surface area contributed by atoms with Crippen molar-refractivity contribution >= 4 is 11.7 Å². The van der Waals surface area contributed by atoms with Crippen LogP contribution >= 0.6 is 0 Å². The summed E-state index contributed by atoms with van der Waals surface area (Å²) in [5.41, 5.74) is 0.0433. The quantitative estimate of drug-likeness (QED) is 0.301. The predicted molar refractivity (Wildman–Crippen MR) is 128 cm³/mol. The smallest absolute Gasteiger partial charge is 0.338 e. The summed E-state index contributed by atoms with van der Waals surface area (Å²) in [5.74, 6) is 1.34. The number of para-hydroxylation sites is 4. The van der Waals surface area contributed by atoms with E-state index in [1.54, 1.807) is 36.4 Å². The fourth-order valence-electron chi connectivity index (χ4n) is 3.32. The van der Waals surface area contributed by atoms with Crippen LogP contribution in [0.5, 0.6) is 23.0 Å². The van der Waals surface area contributed by atoms with Crippen molar-refractivity contribution < 1.29 is 38.1 Å². The van der Waals surface area contributed by atoms with Gasteiger partial charge in [-0.05, 0) is 36.4 Å². The third kappa shape index (κ3) is 6.86. The Balaban J connectivity index is 1.52. The number of non-ortho nitro benzene ring substituents is 1. The third-order valence-electron chi connectivity index (χ3n) is 5.11. The number of hydrogen-bond donors (Lipinski definition) is 0. The van der Waals surface area contributed by atoms with Gasteiger partial charge in [0.05, 0.1) is 23.7 Å². The summed E-state index contributed by atoms with van der Waals surface area (Å²) in [4.78, 5) is 23.1. The molecule has 0 aromatic heterocycles. The summed E-state index contributed by atoms with van der Waals surface area (Å²) in [6, 6.07) is 19.5. The minimum absolute atomic E-state index is 0.0291. The molecule has 36 heavy (non-hydrogen) atoms. The van der Waals surface area contributed by atoms with Gasteiger partial charge in [-0.3, -0.25) is 10.1 Å². The first-order valence-corrected chi connectivity index (χ1v) is 11.3. The summed E-state index contributed by atoms with van der Waals surface area (Å²) in [7, 11) is 0. The topological polar surface area (TPSA) is 116 Å². The second-order valence-electron chi connectivity index (χ2n) is 7.66. The molecule has 0 bridgehead atoms. The van der Waals surface area contributed by atoms with Crippen LogP contribution in [-0.2, 0) is 9.47 Å². The molecule has 0 saturated carbocycles. The highest BCUT2D eigenvalue weighted by molar-refractivity contribution is 5.89. The molecule has 1 heterocycles. The van der Waals surface area contributed by atoms with Crippen LogP contribution in [0.25, 0.3) is 0 Å². The molecule has 3 aromatic carbocycles. The molecule has 0 fully saturated rings. The Morgan fingerprint density at radius 3 is 1.67 bits per heavy atom. The van der Waals surface area contributed by atoms with Crippen LogP contribution in [0.15, 0.2) is 72.8 Å². The van der Waals surface area contributed by atoms with E-state index in [2.05, 4.69) is 0 Å². The molecule has 0 N–H and O–H groups in total. The van der Waals surface area contributed by atoms with Gasteiger partial charge in [0.2, 0.25) is 0 Å². The molecule has 10 nitrogen and oxygen atoms in total. The first kappa shape index (κ1) is 24.8. The molecular weight excluding hydrogens is 470 g/mol. The third-order valence-corrected chi connectivity index (χ3v) is 5.11. The number of carbonyl (C=O) groups is 1. The van der Waals surface area contributed by atoms with E-state index in [1.165, 1.54) is 24.3 Å². The lowest BCUT2D eigenvalue weighted by Gasteiger charge is -2.21. The van der Waals surface area contributed by atoms with Crippen LogP contribution in [0, 0.1) is 10.1 Å². The largest absolute Gasteiger partial charge is 0.487 e. The first-order valence-electron chi connectivity index (χ1n) is 11.3. The molecule has 1 aliphatic heterocycles. The van der Waals surface area contributed by atoms with Crippen molar-refractivity contribution in [2.45, 2.75) is 6.10 Å². The van der Waals surface area contributed by atoms with Crippen LogP contribution in [0.1, 0.15) is 10.4 Å². The Morgan fingerprint density at radius 2 is 1.19 bits per heavy atom. The summed E-state index contributed by atoms with van der Waals surface area (Å²) < 4.78 is 34.6. The maximum atomic E-state index is 12.8. The van der Waals surface area contributed by atoms with Crippen molar-refractivity contribution in [2.24, 2.45) is 0 Å². The van der Waals surface area contributed by atoms with Gasteiger partial charge in [-0.2, -0.15) is 0 Å². The highest BCUT2D eigenvalue weighted by atomic mass is 16.6. The van der Waals surface area contributed by atoms with E-state index < -0.39 is 17.0 Å². The van der Waals surface area contributed by atoms with Crippen LogP contribution < -0.4 is 18.9 Å². The zero-order valence-corrected chi connectivity index (χ0v) is 19.4. The summed E-state index contributed by atoms with van der Waals surface area (Å²) in [6.45, 7) is 1.31. The van der Waals surface area contributed by atoms with Crippen LogP contribution in [0.3, 0.4) is 0 Å². The Labute approximate surface area is 207 Å². The number of esters is 1. The number of rotatable bonds is 3. The Morgan fingerprint density at radius 1 is 0.722 bits per heavy atom. The van der Waals surface area contributed by atoms with Gasteiger partial charge in [-0.15, -0.1) is 0 Å². The lowest BCUT2D eigenvalue weighted by molar-refractivity contribution is -0.384. The van der Waals surface area contributed by atoms with E-state index in [0.29, 0.717) is 49.4 Å². The van der Waals surface area contributed by atoms with E-state index in [-0.39, 0.29) is 24.5 Å². The normalized spacial score (nSPS) is 15.0. The number of carbonyl (C=O) groups excluding carboxylic acids is 1. The van der Waals surface area contributed by atoms with Crippen molar-refractivity contribution in [3.05, 3.63) is 88.5 Å². The number of fused-ring (bicyclic) bond motifs is 2. The number of nitrogens with zero attached hydrogens (tertiary/aromatic N) is 1. The average Bonchev–Trinajstić information content (AvgIpc) is 2.90. The molecule has 0 amide bonds. The predicted octanol–water partition coefficient (Wildman–Crippen LogP) is 4.07. The van der Waals surface area contributed by atoms with Gasteiger partial charge in [0.25, 0.3) is 5.69 Å². The molecule has 0 radical (unpaired) electrons. The second kappa shape index (κ2) is 12.4. The van der Waals surface area contributed by atoms with Crippen molar-refractivity contribution in [1.82, 2.24) is 0 Å².